The minimum Gasteiger partial charge on any atom is -0.272 e. The van der Waals surface area contributed by atoms with Crippen LogP contribution in [-0.2, 0) is 16.2 Å². The summed E-state index contributed by atoms with van der Waals surface area (Å²) in [6, 6.07) is 8.50. The van der Waals surface area contributed by atoms with E-state index in [0.717, 1.165) is 12.0 Å². The normalized spacial score (nSPS) is 24.8. The molecule has 0 aromatic heterocycles. The van der Waals surface area contributed by atoms with Gasteiger partial charge in [-0.15, -0.1) is 0 Å². The average Bonchev–Trinajstić information content (AvgIpc) is 2.83. The summed E-state index contributed by atoms with van der Waals surface area (Å²) in [5.74, 6) is -2.08. The van der Waals surface area contributed by atoms with Gasteiger partial charge in [0.1, 0.15) is 6.61 Å². The molecule has 29 heavy (non-hydrogen) atoms. The second-order valence-electron chi connectivity index (χ2n) is 7.30. The summed E-state index contributed by atoms with van der Waals surface area (Å²) in [6.45, 7) is 2.13. The van der Waals surface area contributed by atoms with Crippen LogP contribution in [0.25, 0.3) is 0 Å². The van der Waals surface area contributed by atoms with Gasteiger partial charge < -0.3 is 0 Å². The summed E-state index contributed by atoms with van der Waals surface area (Å²) in [5.41, 5.74) is -7.11. The number of amides is 1. The van der Waals surface area contributed by atoms with Crippen molar-refractivity contribution in [2.45, 2.75) is 48.8 Å². The quantitative estimate of drug-likeness (QED) is 0.266. The van der Waals surface area contributed by atoms with Crippen molar-refractivity contribution in [1.82, 2.24) is 5.06 Å². The molecule has 2 rings (SSSR count). The van der Waals surface area contributed by atoms with Crippen molar-refractivity contribution < 1.29 is 40.4 Å². The van der Waals surface area contributed by atoms with E-state index >= 15 is 0 Å². The highest BCUT2D eigenvalue weighted by Gasteiger charge is 2.75. The highest BCUT2D eigenvalue weighted by atomic mass is 127. The lowest BCUT2D eigenvalue weighted by molar-refractivity contribution is -0.348. The summed E-state index contributed by atoms with van der Waals surface area (Å²) < 4.78 is 92.5. The van der Waals surface area contributed by atoms with Crippen molar-refractivity contribution in [3.8, 4) is 0 Å². The maximum Gasteiger partial charge on any atom is 0.431 e. The van der Waals surface area contributed by atoms with Crippen LogP contribution in [0.1, 0.15) is 25.8 Å². The van der Waals surface area contributed by atoms with Gasteiger partial charge >= 0.3 is 12.4 Å². The Hall–Kier alpha value is -1.11. The molecule has 1 saturated heterocycles. The molecule has 1 aliphatic heterocycles. The van der Waals surface area contributed by atoms with Gasteiger partial charge in [0.25, 0.3) is 11.6 Å². The third kappa shape index (κ3) is 4.64. The number of halogens is 8. The summed E-state index contributed by atoms with van der Waals surface area (Å²) in [6.07, 6.45) is -14.5. The monoisotopic (exact) mass is 541 g/mol. The lowest BCUT2D eigenvalue weighted by Gasteiger charge is -2.38. The fourth-order valence-corrected chi connectivity index (χ4v) is 4.49. The van der Waals surface area contributed by atoms with Crippen molar-refractivity contribution in [2.24, 2.45) is 11.3 Å². The summed E-state index contributed by atoms with van der Waals surface area (Å²) >= 11 is 1.80. The van der Waals surface area contributed by atoms with Crippen molar-refractivity contribution in [2.75, 3.05) is 6.54 Å². The first-order valence-corrected chi connectivity index (χ1v) is 9.83. The fraction of sp³-hybridized carbons (Fsp3) is 0.611. The molecule has 11 heteroatoms. The zero-order valence-electron chi connectivity index (χ0n) is 15.5. The molecular weight excluding hydrogens is 522 g/mol. The van der Waals surface area contributed by atoms with E-state index in [0.29, 0.717) is 5.56 Å². The van der Waals surface area contributed by atoms with Crippen LogP contribution >= 0.6 is 22.6 Å². The molecule has 1 aromatic carbocycles. The first-order chi connectivity index (χ1) is 13.1. The van der Waals surface area contributed by atoms with Crippen LogP contribution in [0, 0.1) is 11.3 Å². The van der Waals surface area contributed by atoms with Gasteiger partial charge in [-0.3, -0.25) is 9.63 Å². The molecule has 1 aliphatic rings. The highest BCUT2D eigenvalue weighted by Crippen LogP contribution is 2.56. The average molecular weight is 541 g/mol. The van der Waals surface area contributed by atoms with Gasteiger partial charge in [0.05, 0.1) is 12.0 Å². The van der Waals surface area contributed by atoms with E-state index in [9.17, 15) is 35.5 Å². The number of benzene rings is 1. The molecule has 0 saturated carbocycles. The Kier molecular flexibility index (Phi) is 6.83. The zero-order valence-corrected chi connectivity index (χ0v) is 17.6. The molecule has 1 fully saturated rings. The highest BCUT2D eigenvalue weighted by molar-refractivity contribution is 14.1. The van der Waals surface area contributed by atoms with Crippen LogP contribution < -0.4 is 0 Å². The van der Waals surface area contributed by atoms with E-state index in [4.69, 9.17) is 4.84 Å². The standard InChI is InChI=1S/C18H19F7INO2/c1-11(26)13-8-27(29-9-12-6-4-3-5-7-12)14(28)15(13,2)10-16(19,17(20,21)22)18(23,24)25/h3-7,11,13H,8-10H2,1-2H3/t11?,13-,15-/m1/s1. The smallest absolute Gasteiger partial charge is 0.272 e. The Balaban J connectivity index is 2.33. The third-order valence-electron chi connectivity index (χ3n) is 5.19. The molecule has 0 N–H and O–H groups in total. The number of nitrogens with zero attached hydrogens (tertiary/aromatic N) is 1. The van der Waals surface area contributed by atoms with E-state index in [1.54, 1.807) is 59.8 Å². The summed E-state index contributed by atoms with van der Waals surface area (Å²) in [5, 5.41) is 0.750. The Morgan fingerprint density at radius 1 is 1.14 bits per heavy atom. The predicted molar refractivity (Wildman–Crippen MR) is 98.6 cm³/mol. The van der Waals surface area contributed by atoms with E-state index in [1.807, 2.05) is 0 Å². The molecule has 3 atom stereocenters. The molecule has 1 heterocycles. The molecule has 3 nitrogen and oxygen atoms in total. The van der Waals surface area contributed by atoms with Gasteiger partial charge in [-0.1, -0.05) is 66.8 Å². The maximum absolute atomic E-state index is 14.4. The van der Waals surface area contributed by atoms with Gasteiger partial charge in [0, 0.05) is 16.3 Å². The van der Waals surface area contributed by atoms with Gasteiger partial charge in [-0.05, 0) is 5.56 Å². The Bertz CT molecular complexity index is 709. The van der Waals surface area contributed by atoms with Crippen LogP contribution in [0.15, 0.2) is 30.3 Å². The number of rotatable bonds is 6. The number of carbonyl (C=O) groups is 1. The molecule has 164 valence electrons. The number of hydrogen-bond acceptors (Lipinski definition) is 2. The third-order valence-corrected chi connectivity index (χ3v) is 6.06. The van der Waals surface area contributed by atoms with Gasteiger partial charge in [-0.2, -0.15) is 26.3 Å². The summed E-state index contributed by atoms with van der Waals surface area (Å²) in [7, 11) is 0. The minimum absolute atomic E-state index is 0.107. The van der Waals surface area contributed by atoms with E-state index in [1.165, 1.54) is 0 Å². The first-order valence-electron chi connectivity index (χ1n) is 8.59. The molecule has 0 aliphatic carbocycles. The largest absolute Gasteiger partial charge is 0.431 e. The van der Waals surface area contributed by atoms with Crippen LogP contribution in [-0.4, -0.2) is 39.5 Å². The Morgan fingerprint density at radius 3 is 2.10 bits per heavy atom. The molecule has 1 aromatic rings. The van der Waals surface area contributed by atoms with Crippen LogP contribution in [0.5, 0.6) is 0 Å². The number of alkyl halides is 8. The first kappa shape index (κ1) is 24.2. The van der Waals surface area contributed by atoms with Crippen molar-refractivity contribution in [3.05, 3.63) is 35.9 Å². The molecule has 0 spiro atoms. The number of hydrogen-bond donors (Lipinski definition) is 0. The lowest BCUT2D eigenvalue weighted by atomic mass is 9.70. The second-order valence-corrected chi connectivity index (χ2v) is 9.27. The molecule has 1 amide bonds. The van der Waals surface area contributed by atoms with Gasteiger partial charge in [0.15, 0.2) is 0 Å². The van der Waals surface area contributed by atoms with Crippen molar-refractivity contribution >= 4 is 28.5 Å². The fourth-order valence-electron chi connectivity index (χ4n) is 3.47. The van der Waals surface area contributed by atoms with Gasteiger partial charge in [0.2, 0.25) is 0 Å². The van der Waals surface area contributed by atoms with Gasteiger partial charge in [-0.25, -0.2) is 9.45 Å². The maximum atomic E-state index is 14.4. The Labute approximate surface area is 176 Å². The lowest BCUT2D eigenvalue weighted by Crippen LogP contribution is -2.57. The summed E-state index contributed by atoms with van der Waals surface area (Å²) in [4.78, 5) is 18.1. The predicted octanol–water partition coefficient (Wildman–Crippen LogP) is 5.63. The topological polar surface area (TPSA) is 29.5 Å². The molecule has 1 unspecified atom stereocenters. The van der Waals surface area contributed by atoms with Crippen LogP contribution in [0.3, 0.4) is 0 Å². The number of hydroxylamine groups is 2. The van der Waals surface area contributed by atoms with Crippen molar-refractivity contribution in [3.63, 3.8) is 0 Å². The molecule has 0 radical (unpaired) electrons. The molecule has 0 bridgehead atoms. The second kappa shape index (κ2) is 8.20. The van der Waals surface area contributed by atoms with Crippen LogP contribution in [0.4, 0.5) is 30.7 Å². The van der Waals surface area contributed by atoms with Crippen LogP contribution in [0.2, 0.25) is 0 Å². The van der Waals surface area contributed by atoms with Crippen molar-refractivity contribution in [1.29, 1.82) is 0 Å². The van der Waals surface area contributed by atoms with E-state index in [-0.39, 0.29) is 13.2 Å². The molecular formula is C18H19F7INO2. The number of carbonyl (C=O) groups excluding carboxylic acids is 1. The van der Waals surface area contributed by atoms with E-state index < -0.39 is 45.6 Å². The SMILES string of the molecule is CC(I)[C@H]1CN(OCc2ccccc2)C(=O)[C@]1(C)CC(F)(C(F)(F)F)C(F)(F)F. The Morgan fingerprint density at radius 2 is 1.66 bits per heavy atom. The minimum atomic E-state index is -6.22. The van der Waals surface area contributed by atoms with E-state index in [2.05, 4.69) is 0 Å². The zero-order chi connectivity index (χ0) is 22.3.